The van der Waals surface area contributed by atoms with Gasteiger partial charge in [0, 0.05) is 14.1 Å². The van der Waals surface area contributed by atoms with Gasteiger partial charge in [-0.1, -0.05) is 12.1 Å². The summed E-state index contributed by atoms with van der Waals surface area (Å²) < 4.78 is 17.1. The number of rotatable bonds is 3. The molecule has 8 nitrogen and oxygen atoms in total. The normalized spacial score (nSPS) is 10.5. The summed E-state index contributed by atoms with van der Waals surface area (Å²) in [6.07, 6.45) is 2.89. The van der Waals surface area contributed by atoms with Gasteiger partial charge in [-0.05, 0) is 12.1 Å². The van der Waals surface area contributed by atoms with E-state index in [-0.39, 0.29) is 17.1 Å². The van der Waals surface area contributed by atoms with Crippen LogP contribution in [0.25, 0.3) is 5.69 Å². The number of hydrogen-bond acceptors (Lipinski definition) is 5. The van der Waals surface area contributed by atoms with Gasteiger partial charge in [-0.15, -0.1) is 0 Å². The van der Waals surface area contributed by atoms with Crippen LogP contribution in [0, 0.1) is 17.1 Å². The van der Waals surface area contributed by atoms with Crippen LogP contribution in [0.15, 0.2) is 46.2 Å². The molecule has 126 valence electrons. The molecule has 0 fully saturated rings. The number of anilines is 2. The van der Waals surface area contributed by atoms with Gasteiger partial charge in [0.1, 0.15) is 23.4 Å². The summed E-state index contributed by atoms with van der Waals surface area (Å²) in [5.41, 5.74) is -0.845. The zero-order valence-electron chi connectivity index (χ0n) is 13.4. The van der Waals surface area contributed by atoms with Crippen molar-refractivity contribution in [3.63, 3.8) is 0 Å². The molecule has 0 saturated heterocycles. The lowest BCUT2D eigenvalue weighted by molar-refractivity contribution is 0.611. The predicted octanol–water partition coefficient (Wildman–Crippen LogP) is 1.02. The Hall–Kier alpha value is -3.67. The Morgan fingerprint density at radius 3 is 2.60 bits per heavy atom. The fraction of sp³-hybridized carbons (Fsp3) is 0.125. The summed E-state index contributed by atoms with van der Waals surface area (Å²) in [4.78, 5) is 24.1. The zero-order valence-corrected chi connectivity index (χ0v) is 13.4. The minimum atomic E-state index is -0.699. The van der Waals surface area contributed by atoms with Crippen molar-refractivity contribution in [1.82, 2.24) is 18.9 Å². The molecule has 9 heteroatoms. The second kappa shape index (κ2) is 6.09. The highest BCUT2D eigenvalue weighted by Crippen LogP contribution is 2.19. The molecule has 1 aromatic carbocycles. The van der Waals surface area contributed by atoms with Crippen molar-refractivity contribution < 1.29 is 4.39 Å². The quantitative estimate of drug-likeness (QED) is 0.768. The van der Waals surface area contributed by atoms with Gasteiger partial charge in [-0.2, -0.15) is 10.4 Å². The van der Waals surface area contributed by atoms with Gasteiger partial charge in [0.2, 0.25) is 0 Å². The van der Waals surface area contributed by atoms with Gasteiger partial charge in [0.05, 0.1) is 18.1 Å². The summed E-state index contributed by atoms with van der Waals surface area (Å²) in [5, 5.41) is 16.1. The van der Waals surface area contributed by atoms with Gasteiger partial charge in [0.15, 0.2) is 5.56 Å². The molecule has 2 aromatic heterocycles. The third-order valence-corrected chi connectivity index (χ3v) is 3.72. The summed E-state index contributed by atoms with van der Waals surface area (Å²) >= 11 is 0. The highest BCUT2D eigenvalue weighted by atomic mass is 19.1. The van der Waals surface area contributed by atoms with E-state index in [1.807, 2.05) is 0 Å². The Morgan fingerprint density at radius 1 is 1.20 bits per heavy atom. The zero-order chi connectivity index (χ0) is 18.1. The van der Waals surface area contributed by atoms with Gasteiger partial charge < -0.3 is 5.32 Å². The van der Waals surface area contributed by atoms with Crippen molar-refractivity contribution in [2.45, 2.75) is 0 Å². The van der Waals surface area contributed by atoms with Crippen LogP contribution in [0.5, 0.6) is 0 Å². The maximum atomic E-state index is 13.8. The smallest absolute Gasteiger partial charge is 0.332 e. The van der Waals surface area contributed by atoms with E-state index in [1.54, 1.807) is 24.3 Å². The average Bonchev–Trinajstić information content (AvgIpc) is 3.07. The minimum Gasteiger partial charge on any atom is -0.338 e. The first kappa shape index (κ1) is 16.2. The van der Waals surface area contributed by atoms with E-state index in [1.165, 1.54) is 37.2 Å². The fourth-order valence-electron chi connectivity index (χ4n) is 2.38. The van der Waals surface area contributed by atoms with E-state index in [0.717, 1.165) is 9.13 Å². The Morgan fingerprint density at radius 2 is 1.92 bits per heavy atom. The van der Waals surface area contributed by atoms with Gasteiger partial charge in [0.25, 0.3) is 5.56 Å². The monoisotopic (exact) mass is 340 g/mol. The molecule has 0 amide bonds. The van der Waals surface area contributed by atoms with Gasteiger partial charge >= 0.3 is 5.69 Å². The van der Waals surface area contributed by atoms with Crippen LogP contribution < -0.4 is 16.6 Å². The first-order valence-electron chi connectivity index (χ1n) is 7.20. The third-order valence-electron chi connectivity index (χ3n) is 3.72. The number of aromatic nitrogens is 4. The second-order valence-electron chi connectivity index (χ2n) is 5.29. The first-order chi connectivity index (χ1) is 11.9. The SMILES string of the molecule is Cn1c(Nc2cnn(-c3ccccc3F)c2)c(C#N)c(=O)n(C)c1=O. The number of hydrogen-bond donors (Lipinski definition) is 1. The van der Waals surface area contributed by atoms with E-state index in [2.05, 4.69) is 10.4 Å². The largest absolute Gasteiger partial charge is 0.338 e. The fourth-order valence-corrected chi connectivity index (χ4v) is 2.38. The summed E-state index contributed by atoms with van der Waals surface area (Å²) in [6, 6.07) is 7.90. The van der Waals surface area contributed by atoms with Crippen molar-refractivity contribution in [1.29, 1.82) is 5.26 Å². The lowest BCUT2D eigenvalue weighted by Crippen LogP contribution is -2.39. The number of para-hydroxylation sites is 1. The van der Waals surface area contributed by atoms with Crippen LogP contribution in [-0.2, 0) is 14.1 Å². The maximum absolute atomic E-state index is 13.8. The van der Waals surface area contributed by atoms with E-state index >= 15 is 0 Å². The topological polar surface area (TPSA) is 97.6 Å². The lowest BCUT2D eigenvalue weighted by atomic mass is 10.3. The highest BCUT2D eigenvalue weighted by Gasteiger charge is 2.16. The molecule has 1 N–H and O–H groups in total. The lowest BCUT2D eigenvalue weighted by Gasteiger charge is -2.12. The Labute approximate surface area is 141 Å². The Balaban J connectivity index is 2.06. The maximum Gasteiger partial charge on any atom is 0.332 e. The van der Waals surface area contributed by atoms with Gasteiger partial charge in [-0.3, -0.25) is 13.9 Å². The van der Waals surface area contributed by atoms with Crippen LogP contribution in [0.4, 0.5) is 15.9 Å². The van der Waals surface area contributed by atoms with E-state index < -0.39 is 17.1 Å². The number of halogens is 1. The van der Waals surface area contributed by atoms with Crippen LogP contribution in [0.1, 0.15) is 5.56 Å². The van der Waals surface area contributed by atoms with Crippen LogP contribution in [0.3, 0.4) is 0 Å². The van der Waals surface area contributed by atoms with Crippen molar-refractivity contribution in [2.75, 3.05) is 5.32 Å². The first-order valence-corrected chi connectivity index (χ1v) is 7.20. The molecular formula is C16H13FN6O2. The number of nitrogens with one attached hydrogen (secondary N) is 1. The molecule has 0 saturated carbocycles. The average molecular weight is 340 g/mol. The Kier molecular flexibility index (Phi) is 3.94. The number of nitrogens with zero attached hydrogens (tertiary/aromatic N) is 5. The molecule has 3 rings (SSSR count). The van der Waals surface area contributed by atoms with Crippen molar-refractivity contribution in [2.24, 2.45) is 14.1 Å². The predicted molar refractivity (Wildman–Crippen MR) is 88.4 cm³/mol. The molecule has 0 radical (unpaired) electrons. The summed E-state index contributed by atoms with van der Waals surface area (Å²) in [7, 11) is 2.73. The van der Waals surface area contributed by atoms with Gasteiger partial charge in [-0.25, -0.2) is 13.9 Å². The minimum absolute atomic E-state index is 0.0451. The molecule has 0 bridgehead atoms. The standard InChI is InChI=1S/C16H13FN6O2/c1-21-14(11(7-18)15(24)22(2)16(21)25)20-10-8-19-23(9-10)13-6-4-3-5-12(13)17/h3-6,8-9,20H,1-2H3. The number of benzene rings is 1. The molecule has 0 atom stereocenters. The van der Waals surface area contributed by atoms with Crippen molar-refractivity contribution in [3.05, 3.63) is 68.9 Å². The molecular weight excluding hydrogens is 327 g/mol. The molecule has 3 aromatic rings. The molecule has 0 spiro atoms. The molecule has 2 heterocycles. The highest BCUT2D eigenvalue weighted by molar-refractivity contribution is 5.61. The molecule has 0 unspecified atom stereocenters. The van der Waals surface area contributed by atoms with Crippen molar-refractivity contribution >= 4 is 11.5 Å². The molecule has 25 heavy (non-hydrogen) atoms. The van der Waals surface area contributed by atoms with E-state index in [4.69, 9.17) is 0 Å². The summed E-state index contributed by atoms with van der Waals surface area (Å²) in [6.45, 7) is 0. The Bertz CT molecular complexity index is 1120. The molecule has 0 aliphatic carbocycles. The van der Waals surface area contributed by atoms with Crippen LogP contribution in [-0.4, -0.2) is 18.9 Å². The second-order valence-corrected chi connectivity index (χ2v) is 5.29. The molecule has 0 aliphatic rings. The summed E-state index contributed by atoms with van der Waals surface area (Å²) in [5.74, 6) is -0.403. The van der Waals surface area contributed by atoms with Crippen molar-refractivity contribution in [3.8, 4) is 11.8 Å². The molecule has 0 aliphatic heterocycles. The third kappa shape index (κ3) is 2.70. The van der Waals surface area contributed by atoms with Crippen LogP contribution in [0.2, 0.25) is 0 Å². The van der Waals surface area contributed by atoms with Crippen LogP contribution >= 0.6 is 0 Å². The van der Waals surface area contributed by atoms with E-state index in [9.17, 15) is 19.2 Å². The number of nitriles is 1. The van der Waals surface area contributed by atoms with E-state index in [0.29, 0.717) is 5.69 Å².